The monoisotopic (exact) mass is 492 g/mol. The van der Waals surface area contributed by atoms with Crippen LogP contribution in [0.25, 0.3) is 0 Å². The number of hydrogen-bond donors (Lipinski definition) is 0. The van der Waals surface area contributed by atoms with Crippen LogP contribution in [0.4, 0.5) is 0 Å². The lowest BCUT2D eigenvalue weighted by molar-refractivity contribution is -0.136. The van der Waals surface area contributed by atoms with E-state index in [9.17, 15) is 4.79 Å². The van der Waals surface area contributed by atoms with Crippen LogP contribution in [0, 0.1) is 19.8 Å². The summed E-state index contributed by atoms with van der Waals surface area (Å²) in [5.41, 5.74) is 2.41. The molecule has 1 saturated heterocycles. The van der Waals surface area contributed by atoms with Gasteiger partial charge < -0.3 is 24.2 Å². The molecule has 34 heavy (non-hydrogen) atoms. The summed E-state index contributed by atoms with van der Waals surface area (Å²) in [5, 5.41) is 0. The van der Waals surface area contributed by atoms with Gasteiger partial charge in [0, 0.05) is 57.3 Å². The first-order valence-electron chi connectivity index (χ1n) is 12.6. The van der Waals surface area contributed by atoms with Crippen LogP contribution in [0.5, 0.6) is 5.75 Å². The second-order valence-corrected chi connectivity index (χ2v) is 11.2. The lowest BCUT2D eigenvalue weighted by atomic mass is 10.1. The molecular formula is C26H44N4O3S. The van der Waals surface area contributed by atoms with Gasteiger partial charge in [-0.2, -0.15) is 0 Å². The number of hydrogen-bond acceptors (Lipinski definition) is 7. The van der Waals surface area contributed by atoms with Crippen LogP contribution in [-0.4, -0.2) is 112 Å². The number of benzene rings is 1. The molecule has 1 aliphatic heterocycles. The van der Waals surface area contributed by atoms with E-state index in [4.69, 9.17) is 9.47 Å². The fraction of sp³-hybridized carbons (Fsp3) is 0.731. The Morgan fingerprint density at radius 2 is 1.79 bits per heavy atom. The summed E-state index contributed by atoms with van der Waals surface area (Å²) in [4.78, 5) is 20.9. The van der Waals surface area contributed by atoms with Gasteiger partial charge in [-0.05, 0) is 88.3 Å². The fourth-order valence-electron chi connectivity index (χ4n) is 4.99. The highest BCUT2D eigenvalue weighted by atomic mass is 32.2. The van der Waals surface area contributed by atoms with Crippen LogP contribution in [-0.2, 0) is 9.53 Å². The second kappa shape index (κ2) is 13.1. The van der Waals surface area contributed by atoms with Gasteiger partial charge in [0.1, 0.15) is 12.4 Å². The number of carbonyl (C=O) groups is 1. The molecule has 1 aromatic rings. The standard InChI is InChI=1S/C26H44N4O3S/c1-20-15-24(32-6)16-21(2)26(20)34-28(4)13-14-33-19-25(31)29(5)23-8-7-22(17-23)18-30-11-9-27(3)10-12-30/h15-16,22-23H,7-14,17-19H2,1-6H3/t22-,23-/m1/s1. The second-order valence-electron chi connectivity index (χ2n) is 10.0. The van der Waals surface area contributed by atoms with Crippen LogP contribution < -0.4 is 4.74 Å². The summed E-state index contributed by atoms with van der Waals surface area (Å²) in [6, 6.07) is 4.48. The quantitative estimate of drug-likeness (QED) is 0.347. The van der Waals surface area contributed by atoms with Crippen LogP contribution in [0.1, 0.15) is 30.4 Å². The maximum Gasteiger partial charge on any atom is 0.248 e. The van der Waals surface area contributed by atoms with Crippen molar-refractivity contribution in [3.05, 3.63) is 23.3 Å². The third-order valence-corrected chi connectivity index (χ3v) is 8.58. The Morgan fingerprint density at radius 1 is 1.12 bits per heavy atom. The zero-order chi connectivity index (χ0) is 24.7. The molecule has 0 bridgehead atoms. The summed E-state index contributed by atoms with van der Waals surface area (Å²) in [6.07, 6.45) is 3.46. The zero-order valence-electron chi connectivity index (χ0n) is 22.0. The van der Waals surface area contributed by atoms with Gasteiger partial charge in [0.15, 0.2) is 0 Å². The average molecular weight is 493 g/mol. The van der Waals surface area contributed by atoms with Gasteiger partial charge in [-0.3, -0.25) is 4.79 Å². The maximum absolute atomic E-state index is 12.7. The molecule has 1 saturated carbocycles. The Balaban J connectivity index is 1.33. The van der Waals surface area contributed by atoms with Crippen molar-refractivity contribution in [2.75, 3.05) is 80.7 Å². The number of carbonyl (C=O) groups excluding carboxylic acids is 1. The van der Waals surface area contributed by atoms with Crippen molar-refractivity contribution in [2.24, 2.45) is 5.92 Å². The van der Waals surface area contributed by atoms with E-state index in [-0.39, 0.29) is 12.5 Å². The van der Waals surface area contributed by atoms with Gasteiger partial charge in [-0.1, -0.05) is 0 Å². The molecule has 2 aliphatic rings. The van der Waals surface area contributed by atoms with Crippen molar-refractivity contribution in [1.82, 2.24) is 19.0 Å². The number of aryl methyl sites for hydroxylation is 2. The van der Waals surface area contributed by atoms with Gasteiger partial charge in [-0.25, -0.2) is 4.31 Å². The molecule has 0 unspecified atom stereocenters. The first-order chi connectivity index (χ1) is 16.3. The molecular weight excluding hydrogens is 448 g/mol. The lowest BCUT2D eigenvalue weighted by Crippen LogP contribution is -2.46. The number of likely N-dealkylation sites (N-methyl/N-ethyl adjacent to an activating group) is 3. The predicted molar refractivity (Wildman–Crippen MR) is 140 cm³/mol. The van der Waals surface area contributed by atoms with E-state index in [2.05, 4.69) is 54.2 Å². The van der Waals surface area contributed by atoms with Crippen molar-refractivity contribution in [1.29, 1.82) is 0 Å². The lowest BCUT2D eigenvalue weighted by Gasteiger charge is -2.34. The summed E-state index contributed by atoms with van der Waals surface area (Å²) in [5.74, 6) is 1.70. The molecule has 1 amide bonds. The predicted octanol–water partition coefficient (Wildman–Crippen LogP) is 3.14. The van der Waals surface area contributed by atoms with Gasteiger partial charge in [0.25, 0.3) is 0 Å². The smallest absolute Gasteiger partial charge is 0.248 e. The van der Waals surface area contributed by atoms with Crippen LogP contribution in [0.3, 0.4) is 0 Å². The van der Waals surface area contributed by atoms with E-state index in [1.54, 1.807) is 19.1 Å². The zero-order valence-corrected chi connectivity index (χ0v) is 22.8. The topological polar surface area (TPSA) is 48.5 Å². The molecule has 1 heterocycles. The van der Waals surface area contributed by atoms with Gasteiger partial charge >= 0.3 is 0 Å². The minimum absolute atomic E-state index is 0.0994. The Labute approximate surface area is 210 Å². The molecule has 8 heteroatoms. The first kappa shape index (κ1) is 27.3. The van der Waals surface area contributed by atoms with E-state index in [1.807, 2.05) is 11.9 Å². The van der Waals surface area contributed by atoms with E-state index in [0.29, 0.717) is 18.6 Å². The third-order valence-electron chi connectivity index (χ3n) is 7.26. The molecule has 0 radical (unpaired) electrons. The van der Waals surface area contributed by atoms with Crippen molar-refractivity contribution >= 4 is 17.9 Å². The van der Waals surface area contributed by atoms with E-state index in [0.717, 1.165) is 25.1 Å². The highest BCUT2D eigenvalue weighted by molar-refractivity contribution is 7.97. The van der Waals surface area contributed by atoms with E-state index < -0.39 is 0 Å². The molecule has 0 N–H and O–H groups in total. The SMILES string of the molecule is COc1cc(C)c(SN(C)CCOCC(=O)N(C)[C@@H]2CC[C@@H](CN3CCN(C)CC3)C2)c(C)c1. The van der Waals surface area contributed by atoms with Crippen molar-refractivity contribution < 1.29 is 14.3 Å². The van der Waals surface area contributed by atoms with Crippen LogP contribution in [0.15, 0.2) is 17.0 Å². The number of nitrogens with zero attached hydrogens (tertiary/aromatic N) is 4. The first-order valence-corrected chi connectivity index (χ1v) is 13.3. The summed E-state index contributed by atoms with van der Waals surface area (Å²) in [6.45, 7) is 11.5. The number of rotatable bonds is 11. The largest absolute Gasteiger partial charge is 0.497 e. The molecule has 1 aromatic carbocycles. The molecule has 3 rings (SSSR count). The molecule has 2 atom stereocenters. The average Bonchev–Trinajstić information content (AvgIpc) is 3.28. The number of methoxy groups -OCH3 is 1. The normalized spacial score (nSPS) is 21.9. The van der Waals surface area contributed by atoms with Crippen LogP contribution >= 0.6 is 11.9 Å². The van der Waals surface area contributed by atoms with Crippen molar-refractivity contribution in [3.63, 3.8) is 0 Å². The van der Waals surface area contributed by atoms with Crippen LogP contribution in [0.2, 0.25) is 0 Å². The molecule has 2 fully saturated rings. The molecule has 1 aliphatic carbocycles. The highest BCUT2D eigenvalue weighted by Gasteiger charge is 2.31. The minimum atomic E-state index is 0.0994. The Morgan fingerprint density at radius 3 is 2.44 bits per heavy atom. The fourth-order valence-corrected chi connectivity index (χ4v) is 5.88. The third kappa shape index (κ3) is 7.85. The van der Waals surface area contributed by atoms with Crippen molar-refractivity contribution in [2.45, 2.75) is 44.0 Å². The van der Waals surface area contributed by atoms with E-state index >= 15 is 0 Å². The van der Waals surface area contributed by atoms with Crippen molar-refractivity contribution in [3.8, 4) is 5.75 Å². The minimum Gasteiger partial charge on any atom is -0.497 e. The van der Waals surface area contributed by atoms with Gasteiger partial charge in [0.05, 0.1) is 13.7 Å². The summed E-state index contributed by atoms with van der Waals surface area (Å²) in [7, 11) is 7.91. The summed E-state index contributed by atoms with van der Waals surface area (Å²) < 4.78 is 13.3. The molecule has 0 aromatic heterocycles. The number of ether oxygens (including phenoxy) is 2. The summed E-state index contributed by atoms with van der Waals surface area (Å²) >= 11 is 1.71. The molecule has 7 nitrogen and oxygen atoms in total. The van der Waals surface area contributed by atoms with E-state index in [1.165, 1.54) is 55.2 Å². The maximum atomic E-state index is 12.7. The number of piperazine rings is 1. The van der Waals surface area contributed by atoms with Gasteiger partial charge in [0.2, 0.25) is 5.91 Å². The van der Waals surface area contributed by atoms with Gasteiger partial charge in [-0.15, -0.1) is 0 Å². The number of amides is 1. The molecule has 192 valence electrons. The highest BCUT2D eigenvalue weighted by Crippen LogP contribution is 2.32. The Bertz CT molecular complexity index is 777. The Kier molecular flexibility index (Phi) is 10.5. The Hall–Kier alpha value is -1.32. The molecule has 0 spiro atoms.